The van der Waals surface area contributed by atoms with Crippen LogP contribution in [0.5, 0.6) is 0 Å². The van der Waals surface area contributed by atoms with Crippen molar-refractivity contribution < 1.29 is 14.7 Å². The second kappa shape index (κ2) is 5.48. The molecule has 3 rings (SSSR count). The Bertz CT molecular complexity index is 690. The molecule has 1 fully saturated rings. The molecule has 1 aromatic carbocycles. The van der Waals surface area contributed by atoms with E-state index in [4.69, 9.17) is 0 Å². The standard InChI is InChI=1S/C16H17NO3S/c1-10(16(19)20)17(12-6-7-12)15(18)8-11-9-21-14-5-3-2-4-13(11)14/h2-5,9-10,12H,6-8H2,1H3,(H,19,20). The quantitative estimate of drug-likeness (QED) is 0.924. The zero-order chi connectivity index (χ0) is 15.0. The minimum absolute atomic E-state index is 0.0871. The molecule has 1 aliphatic carbocycles. The summed E-state index contributed by atoms with van der Waals surface area (Å²) in [5.74, 6) is -1.03. The summed E-state index contributed by atoms with van der Waals surface area (Å²) in [6, 6.07) is 7.33. The van der Waals surface area contributed by atoms with E-state index in [0.717, 1.165) is 28.5 Å². The Kier molecular flexibility index (Phi) is 3.68. The maximum Gasteiger partial charge on any atom is 0.326 e. The third-order valence-corrected chi connectivity index (χ3v) is 4.92. The summed E-state index contributed by atoms with van der Waals surface area (Å²) in [5.41, 5.74) is 0.990. The molecule has 1 amide bonds. The highest BCUT2D eigenvalue weighted by molar-refractivity contribution is 7.17. The van der Waals surface area contributed by atoms with Crippen molar-refractivity contribution in [2.24, 2.45) is 0 Å². The number of carbonyl (C=O) groups excluding carboxylic acids is 1. The van der Waals surface area contributed by atoms with E-state index in [1.165, 1.54) is 0 Å². The smallest absolute Gasteiger partial charge is 0.326 e. The Labute approximate surface area is 127 Å². The van der Waals surface area contributed by atoms with Gasteiger partial charge in [0.15, 0.2) is 0 Å². The third-order valence-electron chi connectivity index (χ3n) is 3.91. The number of rotatable bonds is 5. The van der Waals surface area contributed by atoms with Gasteiger partial charge in [-0.25, -0.2) is 4.79 Å². The molecule has 0 saturated heterocycles. The van der Waals surface area contributed by atoms with E-state index < -0.39 is 12.0 Å². The summed E-state index contributed by atoms with van der Waals surface area (Å²) in [6.45, 7) is 1.59. The molecule has 5 heteroatoms. The van der Waals surface area contributed by atoms with E-state index in [1.54, 1.807) is 23.2 Å². The molecule has 21 heavy (non-hydrogen) atoms. The van der Waals surface area contributed by atoms with Gasteiger partial charge in [-0.15, -0.1) is 11.3 Å². The Morgan fingerprint density at radius 1 is 1.38 bits per heavy atom. The zero-order valence-electron chi connectivity index (χ0n) is 11.8. The Morgan fingerprint density at radius 2 is 2.10 bits per heavy atom. The molecule has 1 heterocycles. The topological polar surface area (TPSA) is 57.6 Å². The predicted octanol–water partition coefficient (Wildman–Crippen LogP) is 2.91. The van der Waals surface area contributed by atoms with Crippen molar-refractivity contribution in [2.75, 3.05) is 0 Å². The van der Waals surface area contributed by atoms with Crippen LogP contribution in [0.2, 0.25) is 0 Å². The summed E-state index contributed by atoms with van der Waals surface area (Å²) in [7, 11) is 0. The molecule has 0 bridgehead atoms. The molecule has 1 aromatic heterocycles. The lowest BCUT2D eigenvalue weighted by Crippen LogP contribution is -2.45. The summed E-state index contributed by atoms with van der Waals surface area (Å²) in [6.07, 6.45) is 2.10. The molecule has 1 atom stereocenters. The fraction of sp³-hybridized carbons (Fsp3) is 0.375. The molecule has 1 saturated carbocycles. The highest BCUT2D eigenvalue weighted by Gasteiger charge is 2.38. The second-order valence-corrected chi connectivity index (χ2v) is 6.39. The molecular weight excluding hydrogens is 286 g/mol. The van der Waals surface area contributed by atoms with Gasteiger partial charge >= 0.3 is 5.97 Å². The van der Waals surface area contributed by atoms with E-state index in [0.29, 0.717) is 0 Å². The number of hydrogen-bond acceptors (Lipinski definition) is 3. The number of hydrogen-bond donors (Lipinski definition) is 1. The monoisotopic (exact) mass is 303 g/mol. The van der Waals surface area contributed by atoms with E-state index in [9.17, 15) is 14.7 Å². The van der Waals surface area contributed by atoms with Crippen molar-refractivity contribution in [3.8, 4) is 0 Å². The van der Waals surface area contributed by atoms with Crippen LogP contribution in [0, 0.1) is 0 Å². The van der Waals surface area contributed by atoms with Gasteiger partial charge in [-0.1, -0.05) is 18.2 Å². The Balaban J connectivity index is 1.82. The van der Waals surface area contributed by atoms with Crippen molar-refractivity contribution in [3.05, 3.63) is 35.2 Å². The number of benzene rings is 1. The van der Waals surface area contributed by atoms with Gasteiger partial charge in [-0.05, 0) is 42.2 Å². The first-order valence-electron chi connectivity index (χ1n) is 7.07. The van der Waals surface area contributed by atoms with Crippen LogP contribution < -0.4 is 0 Å². The molecule has 0 aliphatic heterocycles. The minimum Gasteiger partial charge on any atom is -0.480 e. The molecule has 1 N–H and O–H groups in total. The number of thiophene rings is 1. The molecule has 2 aromatic rings. The largest absolute Gasteiger partial charge is 0.480 e. The first kappa shape index (κ1) is 14.1. The van der Waals surface area contributed by atoms with E-state index in [2.05, 4.69) is 0 Å². The molecule has 1 unspecified atom stereocenters. The van der Waals surface area contributed by atoms with Gasteiger partial charge in [-0.3, -0.25) is 4.79 Å². The van der Waals surface area contributed by atoms with Crippen LogP contribution in [0.25, 0.3) is 10.1 Å². The van der Waals surface area contributed by atoms with Gasteiger partial charge in [0.05, 0.1) is 6.42 Å². The Morgan fingerprint density at radius 3 is 2.76 bits per heavy atom. The predicted molar refractivity (Wildman–Crippen MR) is 82.5 cm³/mol. The minimum atomic E-state index is -0.939. The number of carboxylic acid groups (broad SMARTS) is 1. The van der Waals surface area contributed by atoms with Gasteiger partial charge in [0.1, 0.15) is 6.04 Å². The van der Waals surface area contributed by atoms with Gasteiger partial charge in [0.25, 0.3) is 0 Å². The highest BCUT2D eigenvalue weighted by atomic mass is 32.1. The van der Waals surface area contributed by atoms with Crippen molar-refractivity contribution >= 4 is 33.3 Å². The summed E-state index contributed by atoms with van der Waals surface area (Å²) in [4.78, 5) is 25.3. The second-order valence-electron chi connectivity index (χ2n) is 5.48. The first-order chi connectivity index (χ1) is 10.1. The number of fused-ring (bicyclic) bond motifs is 1. The summed E-state index contributed by atoms with van der Waals surface area (Å²) >= 11 is 1.62. The number of nitrogens with zero attached hydrogens (tertiary/aromatic N) is 1. The lowest BCUT2D eigenvalue weighted by Gasteiger charge is -2.26. The van der Waals surface area contributed by atoms with Gasteiger partial charge in [-0.2, -0.15) is 0 Å². The fourth-order valence-electron chi connectivity index (χ4n) is 2.63. The highest BCUT2D eigenvalue weighted by Crippen LogP contribution is 2.31. The van der Waals surface area contributed by atoms with E-state index in [1.807, 2.05) is 29.6 Å². The van der Waals surface area contributed by atoms with Crippen molar-refractivity contribution in [3.63, 3.8) is 0 Å². The van der Waals surface area contributed by atoms with Gasteiger partial charge < -0.3 is 10.0 Å². The van der Waals surface area contributed by atoms with Crippen molar-refractivity contribution in [1.29, 1.82) is 0 Å². The number of carboxylic acids is 1. The fourth-order valence-corrected chi connectivity index (χ4v) is 3.59. The first-order valence-corrected chi connectivity index (χ1v) is 7.95. The molecule has 0 radical (unpaired) electrons. The molecule has 0 spiro atoms. The maximum absolute atomic E-state index is 12.5. The van der Waals surface area contributed by atoms with Crippen LogP contribution in [0.3, 0.4) is 0 Å². The maximum atomic E-state index is 12.5. The molecule has 110 valence electrons. The van der Waals surface area contributed by atoms with Crippen LogP contribution in [0.1, 0.15) is 25.3 Å². The van der Waals surface area contributed by atoms with Crippen LogP contribution in [-0.2, 0) is 16.0 Å². The van der Waals surface area contributed by atoms with Crippen molar-refractivity contribution in [1.82, 2.24) is 4.90 Å². The van der Waals surface area contributed by atoms with Gasteiger partial charge in [0.2, 0.25) is 5.91 Å². The van der Waals surface area contributed by atoms with Crippen LogP contribution in [0.15, 0.2) is 29.6 Å². The van der Waals surface area contributed by atoms with Crippen LogP contribution in [-0.4, -0.2) is 34.0 Å². The SMILES string of the molecule is CC(C(=O)O)N(C(=O)Cc1csc2ccccc12)C1CC1. The van der Waals surface area contributed by atoms with Gasteiger partial charge in [0, 0.05) is 10.7 Å². The average Bonchev–Trinajstić information content (AvgIpc) is 3.21. The molecule has 4 nitrogen and oxygen atoms in total. The summed E-state index contributed by atoms with van der Waals surface area (Å²) < 4.78 is 1.16. The zero-order valence-corrected chi connectivity index (χ0v) is 12.6. The van der Waals surface area contributed by atoms with Crippen LogP contribution >= 0.6 is 11.3 Å². The molecular formula is C16H17NO3S. The van der Waals surface area contributed by atoms with Crippen molar-refractivity contribution in [2.45, 2.75) is 38.3 Å². The van der Waals surface area contributed by atoms with E-state index >= 15 is 0 Å². The summed E-state index contributed by atoms with van der Waals surface area (Å²) in [5, 5.41) is 12.3. The third kappa shape index (κ3) is 2.78. The lowest BCUT2D eigenvalue weighted by atomic mass is 10.1. The number of aliphatic carboxylic acids is 1. The lowest BCUT2D eigenvalue weighted by molar-refractivity contribution is -0.149. The average molecular weight is 303 g/mol. The number of amides is 1. The molecule has 1 aliphatic rings. The van der Waals surface area contributed by atoms with E-state index in [-0.39, 0.29) is 18.4 Å². The Hall–Kier alpha value is -1.88. The van der Waals surface area contributed by atoms with Crippen LogP contribution in [0.4, 0.5) is 0 Å². The number of carbonyl (C=O) groups is 2. The normalized spacial score (nSPS) is 15.9.